The number of amides is 1. The molecule has 3 aromatic heterocycles. The molecule has 54 heavy (non-hydrogen) atoms. The molecule has 14 heteroatoms. The van der Waals surface area contributed by atoms with Gasteiger partial charge in [-0.1, -0.05) is 99.1 Å². The third-order valence-electron chi connectivity index (χ3n) is 9.91. The van der Waals surface area contributed by atoms with Crippen LogP contribution in [0.3, 0.4) is 0 Å². The van der Waals surface area contributed by atoms with Crippen molar-refractivity contribution in [1.82, 2.24) is 19.2 Å². The molecular weight excluding hydrogens is 758 g/mol. The average molecular weight is 798 g/mol. The van der Waals surface area contributed by atoms with E-state index in [0.717, 1.165) is 20.5 Å². The standard InChI is InChI=1S/C40H40ClN5O5S2Si/c1-40(2,3)54(33-12-6-4-7-13-33,34-14-8-5-9-15-34)51-23-19-32-28-44(53(49,50)37-24-29-17-18-31(41)25-36(29)52-37)21-22-45(32)39(47)38-42-26-30(27-43-38)35-16-10-11-20-46(35)48/h4-18,20,24-27,32H,19,21-23,28H2,1-3H3. The molecule has 10 nitrogen and oxygen atoms in total. The van der Waals surface area contributed by atoms with E-state index in [4.69, 9.17) is 16.0 Å². The highest BCUT2D eigenvalue weighted by molar-refractivity contribution is 7.91. The molecular formula is C40H40ClN5O5S2Si. The lowest BCUT2D eigenvalue weighted by Gasteiger charge is -2.44. The van der Waals surface area contributed by atoms with Gasteiger partial charge in [-0.25, -0.2) is 18.4 Å². The Morgan fingerprint density at radius 3 is 2.22 bits per heavy atom. The van der Waals surface area contributed by atoms with Gasteiger partial charge in [-0.05, 0) is 51.5 Å². The number of aromatic nitrogens is 3. The number of hydrogen-bond donors (Lipinski definition) is 0. The first-order chi connectivity index (χ1) is 25.9. The Hall–Kier alpha value is -4.50. The number of pyridine rings is 1. The molecule has 6 aromatic rings. The van der Waals surface area contributed by atoms with Gasteiger partial charge in [0.2, 0.25) is 11.5 Å². The number of piperazine rings is 1. The first-order valence-electron chi connectivity index (χ1n) is 17.6. The Morgan fingerprint density at radius 2 is 1.59 bits per heavy atom. The molecule has 1 atom stereocenters. The number of sulfonamides is 1. The smallest absolute Gasteiger partial charge is 0.291 e. The van der Waals surface area contributed by atoms with Crippen LogP contribution in [0, 0.1) is 5.21 Å². The summed E-state index contributed by atoms with van der Waals surface area (Å²) in [6, 6.07) is 32.1. The van der Waals surface area contributed by atoms with E-state index in [1.54, 1.807) is 41.3 Å². The quantitative estimate of drug-likeness (QED) is 0.0931. The Morgan fingerprint density at radius 1 is 0.944 bits per heavy atom. The van der Waals surface area contributed by atoms with Gasteiger partial charge in [0.25, 0.3) is 24.2 Å². The molecule has 1 unspecified atom stereocenters. The summed E-state index contributed by atoms with van der Waals surface area (Å²) >= 11 is 7.39. The van der Waals surface area contributed by atoms with Crippen LogP contribution in [0.5, 0.6) is 0 Å². The second-order valence-electron chi connectivity index (χ2n) is 14.3. The molecule has 3 aromatic carbocycles. The van der Waals surface area contributed by atoms with Gasteiger partial charge in [0.1, 0.15) is 4.21 Å². The van der Waals surface area contributed by atoms with Crippen molar-refractivity contribution >= 4 is 67.6 Å². The molecule has 1 saturated heterocycles. The molecule has 4 heterocycles. The van der Waals surface area contributed by atoms with Crippen molar-refractivity contribution in [2.75, 3.05) is 26.2 Å². The average Bonchev–Trinajstić information content (AvgIpc) is 3.61. The zero-order valence-corrected chi connectivity index (χ0v) is 33.5. The van der Waals surface area contributed by atoms with E-state index >= 15 is 0 Å². The highest BCUT2D eigenvalue weighted by atomic mass is 35.5. The summed E-state index contributed by atoms with van der Waals surface area (Å²) < 4.78 is 38.8. The summed E-state index contributed by atoms with van der Waals surface area (Å²) in [6.45, 7) is 7.16. The van der Waals surface area contributed by atoms with E-state index in [-0.39, 0.29) is 41.3 Å². The van der Waals surface area contributed by atoms with Crippen LogP contribution < -0.4 is 15.1 Å². The Balaban J connectivity index is 1.20. The molecule has 0 N–H and O–H groups in total. The SMILES string of the molecule is CC(C)(C)[Si](OCCC1CN(S(=O)(=O)c2cc3ccc(Cl)cc3s2)CCN1C(=O)c1ncc(-c2cccc[n+]2[O-])cn1)(c1ccccc1)c1ccccc1. The first-order valence-corrected chi connectivity index (χ1v) is 22.2. The second kappa shape index (κ2) is 15.3. The maximum atomic E-state index is 14.2. The van der Waals surface area contributed by atoms with Gasteiger partial charge in [-0.2, -0.15) is 9.04 Å². The molecule has 1 aliphatic heterocycles. The molecule has 0 aliphatic carbocycles. The van der Waals surface area contributed by atoms with Crippen molar-refractivity contribution in [3.05, 3.63) is 138 Å². The highest BCUT2D eigenvalue weighted by Gasteiger charge is 2.50. The molecule has 1 amide bonds. The number of nitrogens with zero attached hydrogens (tertiary/aromatic N) is 5. The predicted molar refractivity (Wildman–Crippen MR) is 215 cm³/mol. The fourth-order valence-corrected chi connectivity index (χ4v) is 15.1. The van der Waals surface area contributed by atoms with Crippen LogP contribution in [-0.4, -0.2) is 74.1 Å². The Kier molecular flexibility index (Phi) is 10.7. The molecule has 278 valence electrons. The molecule has 0 bridgehead atoms. The fourth-order valence-electron chi connectivity index (χ4n) is 7.26. The minimum absolute atomic E-state index is 0.0391. The van der Waals surface area contributed by atoms with Gasteiger partial charge >= 0.3 is 0 Å². The lowest BCUT2D eigenvalue weighted by atomic mass is 10.1. The van der Waals surface area contributed by atoms with E-state index < -0.39 is 30.3 Å². The number of thiophene rings is 1. The van der Waals surface area contributed by atoms with Crippen molar-refractivity contribution in [2.24, 2.45) is 0 Å². The van der Waals surface area contributed by atoms with Crippen LogP contribution in [0.2, 0.25) is 10.1 Å². The summed E-state index contributed by atoms with van der Waals surface area (Å²) in [4.78, 5) is 24.6. The number of carbonyl (C=O) groups is 1. The van der Waals surface area contributed by atoms with E-state index in [1.165, 1.54) is 34.2 Å². The minimum Gasteiger partial charge on any atom is -0.618 e. The minimum atomic E-state index is -3.91. The molecule has 0 radical (unpaired) electrons. The van der Waals surface area contributed by atoms with Crippen LogP contribution in [0.15, 0.2) is 126 Å². The number of benzene rings is 3. The highest BCUT2D eigenvalue weighted by Crippen LogP contribution is 2.38. The number of rotatable bonds is 10. The van der Waals surface area contributed by atoms with E-state index in [2.05, 4.69) is 55.0 Å². The molecule has 0 spiro atoms. The number of hydrogen-bond acceptors (Lipinski definition) is 8. The van der Waals surface area contributed by atoms with Gasteiger partial charge in [-0.15, -0.1) is 11.3 Å². The monoisotopic (exact) mass is 797 g/mol. The summed E-state index contributed by atoms with van der Waals surface area (Å²) in [5.74, 6) is -0.462. The van der Waals surface area contributed by atoms with Gasteiger partial charge in [0.15, 0.2) is 6.20 Å². The summed E-state index contributed by atoms with van der Waals surface area (Å²) in [7, 11) is -6.83. The fraction of sp³-hybridized carbons (Fsp3) is 0.250. The van der Waals surface area contributed by atoms with E-state index in [1.807, 2.05) is 42.5 Å². The van der Waals surface area contributed by atoms with Crippen LogP contribution in [0.1, 0.15) is 37.8 Å². The molecule has 0 saturated carbocycles. The lowest BCUT2D eigenvalue weighted by molar-refractivity contribution is -0.593. The van der Waals surface area contributed by atoms with E-state index in [0.29, 0.717) is 27.4 Å². The molecule has 1 fully saturated rings. The normalized spacial score (nSPS) is 15.8. The third-order valence-corrected chi connectivity index (χ3v) is 18.6. The van der Waals surface area contributed by atoms with Crippen molar-refractivity contribution in [3.8, 4) is 11.3 Å². The summed E-state index contributed by atoms with van der Waals surface area (Å²) in [5, 5.41) is 15.7. The van der Waals surface area contributed by atoms with Crippen LogP contribution >= 0.6 is 22.9 Å². The summed E-state index contributed by atoms with van der Waals surface area (Å²) in [6.07, 6.45) is 4.66. The van der Waals surface area contributed by atoms with Crippen molar-refractivity contribution < 1.29 is 22.4 Å². The van der Waals surface area contributed by atoms with Gasteiger partial charge < -0.3 is 14.5 Å². The third kappa shape index (κ3) is 7.31. The van der Waals surface area contributed by atoms with Crippen LogP contribution in [0.25, 0.3) is 21.3 Å². The van der Waals surface area contributed by atoms with Gasteiger partial charge in [-0.3, -0.25) is 4.79 Å². The number of halogens is 1. The Bertz CT molecular complexity index is 2340. The predicted octanol–water partition coefficient (Wildman–Crippen LogP) is 6.13. The second-order valence-corrected chi connectivity index (χ2v) is 22.3. The zero-order chi connectivity index (χ0) is 38.1. The first kappa shape index (κ1) is 37.8. The largest absolute Gasteiger partial charge is 0.618 e. The van der Waals surface area contributed by atoms with Gasteiger partial charge in [0, 0.05) is 66.5 Å². The van der Waals surface area contributed by atoms with Crippen molar-refractivity contribution in [1.29, 1.82) is 0 Å². The number of fused-ring (bicyclic) bond motifs is 1. The maximum Gasteiger partial charge on any atom is 0.291 e. The van der Waals surface area contributed by atoms with Crippen LogP contribution in [0.4, 0.5) is 0 Å². The van der Waals surface area contributed by atoms with Crippen molar-refractivity contribution in [3.63, 3.8) is 0 Å². The Labute approximate surface area is 325 Å². The summed E-state index contributed by atoms with van der Waals surface area (Å²) in [5.41, 5.74) is 0.829. The molecule has 1 aliphatic rings. The lowest BCUT2D eigenvalue weighted by Crippen LogP contribution is -2.67. The topological polar surface area (TPSA) is 120 Å². The molecule has 7 rings (SSSR count). The van der Waals surface area contributed by atoms with Crippen molar-refractivity contribution in [2.45, 2.75) is 42.5 Å². The maximum absolute atomic E-state index is 14.2. The number of carbonyl (C=O) groups excluding carboxylic acids is 1. The van der Waals surface area contributed by atoms with Gasteiger partial charge in [0.05, 0.1) is 5.56 Å². The zero-order valence-electron chi connectivity index (χ0n) is 30.1. The van der Waals surface area contributed by atoms with E-state index in [9.17, 15) is 18.4 Å². The van der Waals surface area contributed by atoms with Crippen LogP contribution in [-0.2, 0) is 14.4 Å².